The molecule has 0 radical (unpaired) electrons. The number of rotatable bonds is 4. The van der Waals surface area contributed by atoms with Crippen molar-refractivity contribution in [2.45, 2.75) is 6.92 Å². The fourth-order valence-electron chi connectivity index (χ4n) is 2.30. The van der Waals surface area contributed by atoms with Crippen LogP contribution in [0.4, 0.5) is 11.4 Å². The van der Waals surface area contributed by atoms with E-state index in [4.69, 9.17) is 16.0 Å². The van der Waals surface area contributed by atoms with Gasteiger partial charge in [-0.15, -0.1) is 0 Å². The molecule has 3 rings (SSSR count). The van der Waals surface area contributed by atoms with E-state index < -0.39 is 0 Å². The maximum absolute atomic E-state index is 12.0. The highest BCUT2D eigenvalue weighted by molar-refractivity contribution is 6.31. The number of furan rings is 1. The van der Waals surface area contributed by atoms with Crippen LogP contribution in [-0.4, -0.2) is 11.8 Å². The van der Waals surface area contributed by atoms with Crippen molar-refractivity contribution in [1.82, 2.24) is 0 Å². The molecule has 0 bridgehead atoms. The molecular formula is C19H15ClN2O3. The van der Waals surface area contributed by atoms with Gasteiger partial charge in [0.15, 0.2) is 0 Å². The lowest BCUT2D eigenvalue weighted by Gasteiger charge is -2.04. The van der Waals surface area contributed by atoms with Crippen molar-refractivity contribution in [3.05, 3.63) is 65.4 Å². The van der Waals surface area contributed by atoms with E-state index in [1.807, 2.05) is 6.07 Å². The first-order valence-corrected chi connectivity index (χ1v) is 7.93. The summed E-state index contributed by atoms with van der Waals surface area (Å²) in [6.45, 7) is 1.44. The van der Waals surface area contributed by atoms with Crippen molar-refractivity contribution in [3.8, 4) is 0 Å². The third-order valence-corrected chi connectivity index (χ3v) is 3.60. The summed E-state index contributed by atoms with van der Waals surface area (Å²) in [5, 5.41) is 6.90. The van der Waals surface area contributed by atoms with Gasteiger partial charge in [-0.25, -0.2) is 0 Å². The van der Waals surface area contributed by atoms with Crippen LogP contribution in [-0.2, 0) is 9.59 Å². The number of carbonyl (C=O) groups is 2. The van der Waals surface area contributed by atoms with Crippen LogP contribution in [0.2, 0.25) is 5.02 Å². The van der Waals surface area contributed by atoms with Crippen molar-refractivity contribution < 1.29 is 14.0 Å². The van der Waals surface area contributed by atoms with Crippen molar-refractivity contribution in [3.63, 3.8) is 0 Å². The highest BCUT2D eigenvalue weighted by Crippen LogP contribution is 2.23. The standard InChI is InChI=1S/C19H15ClN2O3/c1-12(23)21-15-3-5-16(6-4-15)22-19(24)9-7-17-11-13-10-14(20)2-8-18(13)25-17/h2-11H,1H3,(H,21,23)(H,22,24). The van der Waals surface area contributed by atoms with Gasteiger partial charge in [-0.05, 0) is 54.6 Å². The zero-order chi connectivity index (χ0) is 17.8. The summed E-state index contributed by atoms with van der Waals surface area (Å²) in [5.74, 6) is 0.131. The molecule has 0 aliphatic carbocycles. The number of hydrogen-bond acceptors (Lipinski definition) is 3. The normalized spacial score (nSPS) is 11.0. The summed E-state index contributed by atoms with van der Waals surface area (Å²) >= 11 is 5.94. The zero-order valence-electron chi connectivity index (χ0n) is 13.4. The maximum Gasteiger partial charge on any atom is 0.248 e. The smallest absolute Gasteiger partial charge is 0.248 e. The van der Waals surface area contributed by atoms with Gasteiger partial charge in [0.25, 0.3) is 0 Å². The van der Waals surface area contributed by atoms with E-state index >= 15 is 0 Å². The molecule has 0 saturated heterocycles. The minimum absolute atomic E-state index is 0.146. The minimum Gasteiger partial charge on any atom is -0.457 e. The van der Waals surface area contributed by atoms with Gasteiger partial charge < -0.3 is 15.1 Å². The van der Waals surface area contributed by atoms with Gasteiger partial charge in [-0.2, -0.15) is 0 Å². The molecule has 0 saturated carbocycles. The summed E-state index contributed by atoms with van der Waals surface area (Å²) in [6.07, 6.45) is 2.98. The van der Waals surface area contributed by atoms with Gasteiger partial charge in [-0.3, -0.25) is 9.59 Å². The average Bonchev–Trinajstić information content (AvgIpc) is 2.96. The van der Waals surface area contributed by atoms with E-state index in [0.717, 1.165) is 5.39 Å². The van der Waals surface area contributed by atoms with Gasteiger partial charge >= 0.3 is 0 Å². The van der Waals surface area contributed by atoms with Crippen LogP contribution < -0.4 is 10.6 Å². The fourth-order valence-corrected chi connectivity index (χ4v) is 2.48. The van der Waals surface area contributed by atoms with Crippen LogP contribution in [0.25, 0.3) is 17.0 Å². The summed E-state index contributed by atoms with van der Waals surface area (Å²) in [6, 6.07) is 14.0. The topological polar surface area (TPSA) is 71.3 Å². The maximum atomic E-state index is 12.0. The average molecular weight is 355 g/mol. The molecular weight excluding hydrogens is 340 g/mol. The number of nitrogens with one attached hydrogen (secondary N) is 2. The lowest BCUT2D eigenvalue weighted by molar-refractivity contribution is -0.114. The Morgan fingerprint density at radius 2 is 1.68 bits per heavy atom. The van der Waals surface area contributed by atoms with E-state index in [1.54, 1.807) is 48.5 Å². The van der Waals surface area contributed by atoms with E-state index in [9.17, 15) is 9.59 Å². The van der Waals surface area contributed by atoms with Crippen LogP contribution in [0.15, 0.2) is 59.0 Å². The predicted octanol–water partition coefficient (Wildman–Crippen LogP) is 4.70. The quantitative estimate of drug-likeness (QED) is 0.667. The van der Waals surface area contributed by atoms with Crippen LogP contribution in [0.1, 0.15) is 12.7 Å². The van der Waals surface area contributed by atoms with Crippen LogP contribution >= 0.6 is 11.6 Å². The number of benzene rings is 2. The number of amides is 2. The molecule has 25 heavy (non-hydrogen) atoms. The van der Waals surface area contributed by atoms with Gasteiger partial charge in [0.1, 0.15) is 11.3 Å². The summed E-state index contributed by atoms with van der Waals surface area (Å²) in [4.78, 5) is 23.0. The second-order valence-corrected chi connectivity index (χ2v) is 5.85. The Kier molecular flexibility index (Phi) is 4.86. The van der Waals surface area contributed by atoms with Crippen LogP contribution in [0.3, 0.4) is 0 Å². The Morgan fingerprint density at radius 3 is 2.36 bits per heavy atom. The molecule has 0 unspecified atom stereocenters. The molecule has 2 N–H and O–H groups in total. The fraction of sp³-hybridized carbons (Fsp3) is 0.0526. The highest BCUT2D eigenvalue weighted by Gasteiger charge is 2.03. The first kappa shape index (κ1) is 16.8. The van der Waals surface area contributed by atoms with Gasteiger partial charge in [0.2, 0.25) is 11.8 Å². The Bertz CT molecular complexity index is 958. The second-order valence-electron chi connectivity index (χ2n) is 5.41. The Labute approximate surface area is 149 Å². The molecule has 2 amide bonds. The minimum atomic E-state index is -0.286. The number of halogens is 1. The predicted molar refractivity (Wildman–Crippen MR) is 99.6 cm³/mol. The molecule has 5 nitrogen and oxygen atoms in total. The molecule has 0 atom stereocenters. The van der Waals surface area contributed by atoms with Crippen molar-refractivity contribution in [1.29, 1.82) is 0 Å². The molecule has 2 aromatic carbocycles. The van der Waals surface area contributed by atoms with Gasteiger partial charge in [0.05, 0.1) is 0 Å². The lowest BCUT2D eigenvalue weighted by Crippen LogP contribution is -2.08. The third kappa shape index (κ3) is 4.49. The third-order valence-electron chi connectivity index (χ3n) is 3.37. The lowest BCUT2D eigenvalue weighted by atomic mass is 10.2. The Morgan fingerprint density at radius 1 is 1.00 bits per heavy atom. The number of fused-ring (bicyclic) bond motifs is 1. The first-order chi connectivity index (χ1) is 12.0. The molecule has 126 valence electrons. The van der Waals surface area contributed by atoms with E-state index in [0.29, 0.717) is 27.7 Å². The number of hydrogen-bond donors (Lipinski definition) is 2. The summed E-state index contributed by atoms with van der Waals surface area (Å²) < 4.78 is 5.61. The Balaban J connectivity index is 1.64. The monoisotopic (exact) mass is 354 g/mol. The largest absolute Gasteiger partial charge is 0.457 e. The van der Waals surface area contributed by atoms with E-state index in [-0.39, 0.29) is 11.8 Å². The Hall–Kier alpha value is -3.05. The van der Waals surface area contributed by atoms with Crippen LogP contribution in [0, 0.1) is 0 Å². The number of carbonyl (C=O) groups excluding carboxylic acids is 2. The van der Waals surface area contributed by atoms with E-state index in [1.165, 1.54) is 13.0 Å². The van der Waals surface area contributed by atoms with Crippen molar-refractivity contribution >= 4 is 51.8 Å². The first-order valence-electron chi connectivity index (χ1n) is 7.55. The van der Waals surface area contributed by atoms with Gasteiger partial charge in [0, 0.05) is 34.8 Å². The van der Waals surface area contributed by atoms with Crippen LogP contribution in [0.5, 0.6) is 0 Å². The molecule has 0 fully saturated rings. The molecule has 3 aromatic rings. The number of anilines is 2. The summed E-state index contributed by atoms with van der Waals surface area (Å²) in [5.41, 5.74) is 2.00. The summed E-state index contributed by atoms with van der Waals surface area (Å²) in [7, 11) is 0. The van der Waals surface area contributed by atoms with Crippen molar-refractivity contribution in [2.24, 2.45) is 0 Å². The molecule has 1 heterocycles. The highest BCUT2D eigenvalue weighted by atomic mass is 35.5. The molecule has 1 aromatic heterocycles. The van der Waals surface area contributed by atoms with Crippen molar-refractivity contribution in [2.75, 3.05) is 10.6 Å². The SMILES string of the molecule is CC(=O)Nc1ccc(NC(=O)C=Cc2cc3cc(Cl)ccc3o2)cc1. The second kappa shape index (κ2) is 7.23. The van der Waals surface area contributed by atoms with E-state index in [2.05, 4.69) is 10.6 Å². The molecule has 6 heteroatoms. The molecule has 0 aliphatic heterocycles. The molecule has 0 aliphatic rings. The van der Waals surface area contributed by atoms with Gasteiger partial charge in [-0.1, -0.05) is 11.6 Å². The zero-order valence-corrected chi connectivity index (χ0v) is 14.1. The molecule has 0 spiro atoms.